The van der Waals surface area contributed by atoms with Crippen molar-refractivity contribution in [1.29, 1.82) is 0 Å². The third kappa shape index (κ3) is 3.99. The fraction of sp³-hybridized carbons (Fsp3) is 0.429. The number of piperidine rings is 1. The van der Waals surface area contributed by atoms with Gasteiger partial charge in [-0.3, -0.25) is 4.79 Å². The second-order valence-corrected chi connectivity index (χ2v) is 7.31. The van der Waals surface area contributed by atoms with Gasteiger partial charge >= 0.3 is 6.03 Å². The average Bonchev–Trinajstić information content (AvgIpc) is 3.23. The van der Waals surface area contributed by atoms with Gasteiger partial charge in [0.05, 0.1) is 12.3 Å². The number of carbonyl (C=O) groups excluding carboxylic acids is 2. The Bertz CT molecular complexity index is 795. The zero-order valence-electron chi connectivity index (χ0n) is 15.3. The number of carbonyl (C=O) groups is 2. The fourth-order valence-corrected chi connectivity index (χ4v) is 4.07. The van der Waals surface area contributed by atoms with Crippen molar-refractivity contribution in [2.45, 2.75) is 44.2 Å². The number of amides is 3. The van der Waals surface area contributed by atoms with Crippen LogP contribution < -0.4 is 10.6 Å². The molecule has 0 spiro atoms. The van der Waals surface area contributed by atoms with Gasteiger partial charge in [0.25, 0.3) is 5.91 Å². The molecule has 2 aliphatic rings. The van der Waals surface area contributed by atoms with Gasteiger partial charge in [-0.2, -0.15) is 0 Å². The Labute approximate surface area is 158 Å². The molecule has 2 aromatic rings. The lowest BCUT2D eigenvalue weighted by molar-refractivity contribution is 0.0676. The zero-order chi connectivity index (χ0) is 18.6. The first-order valence-electron chi connectivity index (χ1n) is 9.68. The predicted octanol–water partition coefficient (Wildman–Crippen LogP) is 3.26. The molecule has 0 bridgehead atoms. The third-order valence-electron chi connectivity index (χ3n) is 5.52. The summed E-state index contributed by atoms with van der Waals surface area (Å²) >= 11 is 0. The predicted molar refractivity (Wildman–Crippen MR) is 101 cm³/mol. The van der Waals surface area contributed by atoms with Gasteiger partial charge in [0.2, 0.25) is 0 Å². The van der Waals surface area contributed by atoms with Crippen LogP contribution in [0.25, 0.3) is 0 Å². The lowest BCUT2D eigenvalue weighted by atomic mass is 9.88. The molecule has 4 rings (SSSR count). The van der Waals surface area contributed by atoms with E-state index in [1.807, 2.05) is 6.07 Å². The third-order valence-corrected chi connectivity index (χ3v) is 5.52. The van der Waals surface area contributed by atoms with Gasteiger partial charge in [-0.15, -0.1) is 0 Å². The Morgan fingerprint density at radius 2 is 1.81 bits per heavy atom. The largest absolute Gasteiger partial charge is 0.459 e. The van der Waals surface area contributed by atoms with Crippen LogP contribution in [0.4, 0.5) is 4.79 Å². The lowest BCUT2D eigenvalue weighted by Crippen LogP contribution is -2.49. The van der Waals surface area contributed by atoms with Crippen molar-refractivity contribution < 1.29 is 14.0 Å². The molecule has 1 atom stereocenters. The lowest BCUT2D eigenvalue weighted by Gasteiger charge is -2.33. The molecule has 2 N–H and O–H groups in total. The van der Waals surface area contributed by atoms with Crippen molar-refractivity contribution in [3.8, 4) is 0 Å². The van der Waals surface area contributed by atoms with E-state index in [0.29, 0.717) is 18.8 Å². The van der Waals surface area contributed by atoms with E-state index in [-0.39, 0.29) is 24.0 Å². The molecule has 27 heavy (non-hydrogen) atoms. The van der Waals surface area contributed by atoms with Gasteiger partial charge in [0, 0.05) is 19.1 Å². The van der Waals surface area contributed by atoms with E-state index < -0.39 is 0 Å². The summed E-state index contributed by atoms with van der Waals surface area (Å²) in [6, 6.07) is 11.8. The first-order valence-corrected chi connectivity index (χ1v) is 9.68. The number of hydrogen-bond donors (Lipinski definition) is 2. The maximum absolute atomic E-state index is 12.5. The number of likely N-dealkylation sites (tertiary alicyclic amines) is 1. The number of urea groups is 1. The van der Waals surface area contributed by atoms with Gasteiger partial charge in [-0.05, 0) is 55.4 Å². The number of nitrogens with zero attached hydrogens (tertiary/aromatic N) is 1. The zero-order valence-corrected chi connectivity index (χ0v) is 15.3. The van der Waals surface area contributed by atoms with Gasteiger partial charge < -0.3 is 20.0 Å². The standard InChI is InChI=1S/C21H25N3O3/c25-20(19-9-4-14-27-19)24-12-10-16(11-13-24)22-21(26)23-18-8-3-6-15-5-1-2-7-17(15)18/h1-2,4-5,7,9,14,16,18H,3,6,8,10-13H2,(H2,22,23,26). The van der Waals surface area contributed by atoms with Crippen LogP contribution in [-0.4, -0.2) is 36.0 Å². The highest BCUT2D eigenvalue weighted by molar-refractivity contribution is 5.91. The number of furan rings is 1. The quantitative estimate of drug-likeness (QED) is 0.874. The van der Waals surface area contributed by atoms with Gasteiger partial charge in [0.15, 0.2) is 5.76 Å². The number of aryl methyl sites for hydroxylation is 1. The number of fused-ring (bicyclic) bond motifs is 1. The molecule has 1 aliphatic heterocycles. The first-order chi connectivity index (χ1) is 13.2. The number of hydrogen-bond acceptors (Lipinski definition) is 3. The van der Waals surface area contributed by atoms with Gasteiger partial charge in [-0.25, -0.2) is 4.79 Å². The Morgan fingerprint density at radius 3 is 2.59 bits per heavy atom. The molecule has 1 saturated heterocycles. The van der Waals surface area contributed by atoms with E-state index in [2.05, 4.69) is 28.8 Å². The van der Waals surface area contributed by atoms with Crippen LogP contribution >= 0.6 is 0 Å². The van der Waals surface area contributed by atoms with Crippen LogP contribution in [0.15, 0.2) is 47.1 Å². The number of rotatable bonds is 3. The minimum absolute atomic E-state index is 0.0792. The summed E-state index contributed by atoms with van der Waals surface area (Å²) in [6.07, 6.45) is 6.16. The van der Waals surface area contributed by atoms with Crippen LogP contribution in [-0.2, 0) is 6.42 Å². The molecule has 6 nitrogen and oxygen atoms in total. The van der Waals surface area contributed by atoms with Crippen molar-refractivity contribution in [2.75, 3.05) is 13.1 Å². The van der Waals surface area contributed by atoms with Crippen LogP contribution in [0.5, 0.6) is 0 Å². The maximum Gasteiger partial charge on any atom is 0.315 e. The van der Waals surface area contributed by atoms with E-state index in [1.165, 1.54) is 17.4 Å². The van der Waals surface area contributed by atoms with E-state index in [0.717, 1.165) is 32.1 Å². The summed E-state index contributed by atoms with van der Waals surface area (Å²) in [5.74, 6) is 0.289. The monoisotopic (exact) mass is 367 g/mol. The highest BCUT2D eigenvalue weighted by Gasteiger charge is 2.27. The molecule has 0 radical (unpaired) electrons. The van der Waals surface area contributed by atoms with Crippen LogP contribution in [0.1, 0.15) is 53.4 Å². The molecule has 6 heteroatoms. The highest BCUT2D eigenvalue weighted by atomic mass is 16.3. The van der Waals surface area contributed by atoms with Gasteiger partial charge in [0.1, 0.15) is 0 Å². The maximum atomic E-state index is 12.5. The normalized spacial score (nSPS) is 20.0. The van der Waals surface area contributed by atoms with Crippen molar-refractivity contribution in [2.24, 2.45) is 0 Å². The van der Waals surface area contributed by atoms with Crippen molar-refractivity contribution in [1.82, 2.24) is 15.5 Å². The summed E-state index contributed by atoms with van der Waals surface area (Å²) in [5.41, 5.74) is 2.57. The van der Waals surface area contributed by atoms with E-state index >= 15 is 0 Å². The van der Waals surface area contributed by atoms with E-state index in [9.17, 15) is 9.59 Å². The van der Waals surface area contributed by atoms with Crippen molar-refractivity contribution in [3.63, 3.8) is 0 Å². The summed E-state index contributed by atoms with van der Waals surface area (Å²) in [5, 5.41) is 6.21. The Balaban J connectivity index is 1.27. The summed E-state index contributed by atoms with van der Waals surface area (Å²) in [6.45, 7) is 1.24. The minimum Gasteiger partial charge on any atom is -0.459 e. The smallest absolute Gasteiger partial charge is 0.315 e. The van der Waals surface area contributed by atoms with Gasteiger partial charge in [-0.1, -0.05) is 24.3 Å². The topological polar surface area (TPSA) is 74.6 Å². The molecule has 1 aromatic carbocycles. The van der Waals surface area contributed by atoms with E-state index in [1.54, 1.807) is 17.0 Å². The van der Waals surface area contributed by atoms with E-state index in [4.69, 9.17) is 4.42 Å². The van der Waals surface area contributed by atoms with Crippen LogP contribution in [0, 0.1) is 0 Å². The molecule has 1 aromatic heterocycles. The van der Waals surface area contributed by atoms with Crippen molar-refractivity contribution >= 4 is 11.9 Å². The number of nitrogens with one attached hydrogen (secondary N) is 2. The highest BCUT2D eigenvalue weighted by Crippen LogP contribution is 2.29. The molecule has 0 saturated carbocycles. The number of benzene rings is 1. The second-order valence-electron chi connectivity index (χ2n) is 7.31. The fourth-order valence-electron chi connectivity index (χ4n) is 4.07. The molecular formula is C21H25N3O3. The average molecular weight is 367 g/mol. The molecule has 142 valence electrons. The Morgan fingerprint density at radius 1 is 1.00 bits per heavy atom. The van der Waals surface area contributed by atoms with Crippen LogP contribution in [0.2, 0.25) is 0 Å². The Hall–Kier alpha value is -2.76. The summed E-state index contributed by atoms with van der Waals surface area (Å²) in [7, 11) is 0. The molecular weight excluding hydrogens is 342 g/mol. The first kappa shape index (κ1) is 17.6. The molecule has 1 fully saturated rings. The SMILES string of the molecule is O=C(NC1CCN(C(=O)c2ccco2)CC1)NC1CCCc2ccccc21. The Kier molecular flexibility index (Phi) is 5.14. The molecule has 2 heterocycles. The second kappa shape index (κ2) is 7.86. The molecule has 1 aliphatic carbocycles. The van der Waals surface area contributed by atoms with Crippen LogP contribution in [0.3, 0.4) is 0 Å². The summed E-state index contributed by atoms with van der Waals surface area (Å²) < 4.78 is 5.18. The minimum atomic E-state index is -0.118. The van der Waals surface area contributed by atoms with Crippen molar-refractivity contribution in [3.05, 3.63) is 59.5 Å². The summed E-state index contributed by atoms with van der Waals surface area (Å²) in [4.78, 5) is 26.6. The molecule has 3 amide bonds. The molecule has 1 unspecified atom stereocenters.